The molecule has 1 saturated heterocycles. The number of halogens is 1. The van der Waals surface area contributed by atoms with E-state index in [0.717, 1.165) is 31.9 Å². The van der Waals surface area contributed by atoms with Crippen LogP contribution in [0.1, 0.15) is 36.6 Å². The van der Waals surface area contributed by atoms with Crippen molar-refractivity contribution in [3.63, 3.8) is 0 Å². The van der Waals surface area contributed by atoms with Gasteiger partial charge < -0.3 is 16.0 Å². The lowest BCUT2D eigenvalue weighted by Crippen LogP contribution is -2.46. The predicted octanol–water partition coefficient (Wildman–Crippen LogP) is 2.44. The van der Waals surface area contributed by atoms with Crippen LogP contribution in [-0.2, 0) is 4.79 Å². The van der Waals surface area contributed by atoms with Crippen LogP contribution in [0.4, 0.5) is 0 Å². The largest absolute Gasteiger partial charge is 0.356 e. The van der Waals surface area contributed by atoms with E-state index in [1.807, 2.05) is 11.3 Å². The first-order valence-corrected chi connectivity index (χ1v) is 10.5. The minimum absolute atomic E-state index is 0. The van der Waals surface area contributed by atoms with Crippen molar-refractivity contribution in [3.8, 4) is 0 Å². The maximum absolute atomic E-state index is 11.6. The third kappa shape index (κ3) is 6.60. The van der Waals surface area contributed by atoms with Crippen molar-refractivity contribution in [2.24, 2.45) is 16.8 Å². The smallest absolute Gasteiger partial charge is 0.223 e. The van der Waals surface area contributed by atoms with Crippen LogP contribution in [-0.4, -0.2) is 57.0 Å². The fourth-order valence-electron chi connectivity index (χ4n) is 3.69. The summed E-state index contributed by atoms with van der Waals surface area (Å²) >= 11 is 1.85. The molecule has 1 aromatic rings. The van der Waals surface area contributed by atoms with E-state index in [-0.39, 0.29) is 35.8 Å². The van der Waals surface area contributed by atoms with Gasteiger partial charge in [0, 0.05) is 43.5 Å². The highest BCUT2D eigenvalue weighted by molar-refractivity contribution is 14.0. The van der Waals surface area contributed by atoms with E-state index in [4.69, 9.17) is 0 Å². The molecule has 1 aromatic heterocycles. The SMILES string of the molecule is CN=C(NCCNC(=O)C1CC1)NCC1CCCN(C)C1c1cccs1.I. The van der Waals surface area contributed by atoms with Crippen LogP contribution < -0.4 is 16.0 Å². The second-order valence-corrected chi connectivity index (χ2v) is 8.27. The molecule has 0 radical (unpaired) electrons. The molecule has 6 nitrogen and oxygen atoms in total. The van der Waals surface area contributed by atoms with Crippen LogP contribution in [0.25, 0.3) is 0 Å². The molecular formula is C19H32IN5OS. The van der Waals surface area contributed by atoms with Gasteiger partial charge in [0.1, 0.15) is 0 Å². The molecule has 2 heterocycles. The number of nitrogens with one attached hydrogen (secondary N) is 3. The van der Waals surface area contributed by atoms with E-state index in [9.17, 15) is 4.79 Å². The molecule has 2 aliphatic rings. The zero-order valence-corrected chi connectivity index (χ0v) is 19.4. The quantitative estimate of drug-likeness (QED) is 0.231. The van der Waals surface area contributed by atoms with E-state index in [0.29, 0.717) is 25.0 Å². The van der Waals surface area contributed by atoms with Gasteiger partial charge in [-0.05, 0) is 56.6 Å². The number of carbonyl (C=O) groups excluding carboxylic acids is 1. The van der Waals surface area contributed by atoms with Crippen LogP contribution in [0, 0.1) is 11.8 Å². The van der Waals surface area contributed by atoms with Crippen LogP contribution in [0.5, 0.6) is 0 Å². The summed E-state index contributed by atoms with van der Waals surface area (Å²) in [5.74, 6) is 1.84. The molecule has 2 fully saturated rings. The van der Waals surface area contributed by atoms with Crippen molar-refractivity contribution < 1.29 is 4.79 Å². The van der Waals surface area contributed by atoms with Gasteiger partial charge >= 0.3 is 0 Å². The van der Waals surface area contributed by atoms with E-state index in [1.54, 1.807) is 7.05 Å². The normalized spacial score (nSPS) is 23.4. The van der Waals surface area contributed by atoms with Crippen molar-refractivity contribution in [2.75, 3.05) is 40.3 Å². The van der Waals surface area contributed by atoms with Gasteiger partial charge in [0.25, 0.3) is 0 Å². The molecule has 0 spiro atoms. The maximum atomic E-state index is 11.6. The van der Waals surface area contributed by atoms with Crippen LogP contribution >= 0.6 is 35.3 Å². The summed E-state index contributed by atoms with van der Waals surface area (Å²) in [5, 5.41) is 11.9. The Kier molecular flexibility index (Phi) is 9.31. The standard InChI is InChI=1S/C19H31N5OS.HI/c1-20-19(22-10-9-21-18(25)14-7-8-14)23-13-15-5-3-11-24(2)17(15)16-6-4-12-26-16;/h4,6,12,14-15,17H,3,5,7-11,13H2,1-2H3,(H,21,25)(H2,20,22,23);1H. The molecule has 3 rings (SSSR count). The molecule has 1 amide bonds. The predicted molar refractivity (Wildman–Crippen MR) is 123 cm³/mol. The monoisotopic (exact) mass is 505 g/mol. The lowest BCUT2D eigenvalue weighted by Gasteiger charge is -2.39. The Labute approximate surface area is 183 Å². The summed E-state index contributed by atoms with van der Waals surface area (Å²) in [5.41, 5.74) is 0. The Bertz CT molecular complexity index is 605. The number of hydrogen-bond donors (Lipinski definition) is 3. The second kappa shape index (κ2) is 11.2. The third-order valence-corrected chi connectivity index (χ3v) is 6.20. The highest BCUT2D eigenvalue weighted by Gasteiger charge is 2.31. The molecule has 3 N–H and O–H groups in total. The molecule has 1 aliphatic heterocycles. The first-order valence-electron chi connectivity index (χ1n) is 9.65. The summed E-state index contributed by atoms with van der Waals surface area (Å²) in [6.45, 7) is 3.39. The van der Waals surface area contributed by atoms with E-state index >= 15 is 0 Å². The van der Waals surface area contributed by atoms with E-state index < -0.39 is 0 Å². The molecule has 0 bridgehead atoms. The number of nitrogens with zero attached hydrogens (tertiary/aromatic N) is 2. The number of guanidine groups is 1. The number of hydrogen-bond acceptors (Lipinski definition) is 4. The molecule has 2 unspecified atom stereocenters. The third-order valence-electron chi connectivity index (χ3n) is 5.26. The maximum Gasteiger partial charge on any atom is 0.223 e. The minimum atomic E-state index is 0. The summed E-state index contributed by atoms with van der Waals surface area (Å²) in [6, 6.07) is 4.87. The van der Waals surface area contributed by atoms with E-state index in [2.05, 4.69) is 50.4 Å². The highest BCUT2D eigenvalue weighted by Crippen LogP contribution is 2.36. The van der Waals surface area contributed by atoms with Crippen LogP contribution in [0.3, 0.4) is 0 Å². The van der Waals surface area contributed by atoms with Crippen molar-refractivity contribution in [3.05, 3.63) is 22.4 Å². The lowest BCUT2D eigenvalue weighted by molar-refractivity contribution is -0.122. The Morgan fingerprint density at radius 3 is 2.70 bits per heavy atom. The van der Waals surface area contributed by atoms with Gasteiger partial charge in [0.05, 0.1) is 0 Å². The van der Waals surface area contributed by atoms with Crippen LogP contribution in [0.2, 0.25) is 0 Å². The summed E-state index contributed by atoms with van der Waals surface area (Å²) in [6.07, 6.45) is 4.56. The van der Waals surface area contributed by atoms with Gasteiger partial charge in [-0.3, -0.25) is 14.7 Å². The topological polar surface area (TPSA) is 68.8 Å². The molecule has 0 aromatic carbocycles. The molecule has 8 heteroatoms. The molecular weight excluding hydrogens is 473 g/mol. The van der Waals surface area contributed by atoms with Gasteiger partial charge in [-0.2, -0.15) is 0 Å². The van der Waals surface area contributed by atoms with Gasteiger partial charge in [-0.15, -0.1) is 35.3 Å². The number of thiophene rings is 1. The highest BCUT2D eigenvalue weighted by atomic mass is 127. The van der Waals surface area contributed by atoms with Crippen molar-refractivity contribution in [1.29, 1.82) is 0 Å². The van der Waals surface area contributed by atoms with Crippen molar-refractivity contribution in [2.45, 2.75) is 31.7 Å². The van der Waals surface area contributed by atoms with Crippen molar-refractivity contribution >= 4 is 47.2 Å². The second-order valence-electron chi connectivity index (χ2n) is 7.29. The number of amides is 1. The van der Waals surface area contributed by atoms with Gasteiger partial charge in [0.15, 0.2) is 5.96 Å². The lowest BCUT2D eigenvalue weighted by atomic mass is 9.88. The molecule has 2 atom stereocenters. The van der Waals surface area contributed by atoms with Gasteiger partial charge in [0.2, 0.25) is 5.91 Å². The minimum Gasteiger partial charge on any atom is -0.356 e. The number of likely N-dealkylation sites (tertiary alicyclic amines) is 1. The zero-order chi connectivity index (χ0) is 18.4. The Morgan fingerprint density at radius 1 is 1.26 bits per heavy atom. The van der Waals surface area contributed by atoms with Gasteiger partial charge in [-0.1, -0.05) is 6.07 Å². The molecule has 27 heavy (non-hydrogen) atoms. The first kappa shape index (κ1) is 22.4. The van der Waals surface area contributed by atoms with E-state index in [1.165, 1.54) is 17.7 Å². The number of rotatable bonds is 7. The molecule has 152 valence electrons. The average Bonchev–Trinajstić information content (AvgIpc) is 3.37. The Morgan fingerprint density at radius 2 is 2.04 bits per heavy atom. The number of aliphatic imine (C=N–C) groups is 1. The Balaban J connectivity index is 0.00000261. The number of piperidine rings is 1. The summed E-state index contributed by atoms with van der Waals surface area (Å²) in [4.78, 5) is 19.9. The fourth-order valence-corrected chi connectivity index (χ4v) is 4.67. The summed E-state index contributed by atoms with van der Waals surface area (Å²) < 4.78 is 0. The van der Waals surface area contributed by atoms with Crippen LogP contribution in [0.15, 0.2) is 22.5 Å². The average molecular weight is 505 g/mol. The van der Waals surface area contributed by atoms with Crippen molar-refractivity contribution in [1.82, 2.24) is 20.9 Å². The molecule has 1 aliphatic carbocycles. The Hall–Kier alpha value is -0.870. The summed E-state index contributed by atoms with van der Waals surface area (Å²) in [7, 11) is 4.02. The molecule has 1 saturated carbocycles. The zero-order valence-electron chi connectivity index (χ0n) is 16.2. The van der Waals surface area contributed by atoms with Gasteiger partial charge in [-0.25, -0.2) is 0 Å². The number of carbonyl (C=O) groups is 1. The fraction of sp³-hybridized carbons (Fsp3) is 0.684. The first-order chi connectivity index (χ1) is 12.7.